The van der Waals surface area contributed by atoms with Crippen molar-refractivity contribution < 1.29 is 14.6 Å². The van der Waals surface area contributed by atoms with Crippen molar-refractivity contribution in [2.24, 2.45) is 0 Å². The minimum atomic E-state index is -1.15. The number of hydrogen-bond donors (Lipinski definition) is 2. The van der Waals surface area contributed by atoms with E-state index in [1.165, 1.54) is 6.07 Å². The molecule has 0 aliphatic rings. The van der Waals surface area contributed by atoms with Gasteiger partial charge in [-0.3, -0.25) is 0 Å². The van der Waals surface area contributed by atoms with Crippen molar-refractivity contribution in [1.29, 1.82) is 5.26 Å². The molecule has 1 rings (SSSR count). The van der Waals surface area contributed by atoms with Crippen LogP contribution >= 0.6 is 27.5 Å². The van der Waals surface area contributed by atoms with Crippen LogP contribution in [0.4, 0.5) is 4.79 Å². The topological polar surface area (TPSA) is 82.3 Å². The molecular formula is C12H12BrClN2O3. The van der Waals surface area contributed by atoms with E-state index in [9.17, 15) is 4.79 Å². The highest BCUT2D eigenvalue weighted by molar-refractivity contribution is 9.10. The van der Waals surface area contributed by atoms with Crippen LogP contribution in [0.25, 0.3) is 0 Å². The summed E-state index contributed by atoms with van der Waals surface area (Å²) in [6.07, 6.45) is -1.15. The first-order valence-corrected chi connectivity index (χ1v) is 6.63. The van der Waals surface area contributed by atoms with E-state index in [1.54, 1.807) is 13.8 Å². The Labute approximate surface area is 124 Å². The molecule has 1 amide bonds. The van der Waals surface area contributed by atoms with Gasteiger partial charge >= 0.3 is 6.09 Å². The van der Waals surface area contributed by atoms with Crippen LogP contribution in [0.1, 0.15) is 31.0 Å². The average Bonchev–Trinajstić information content (AvgIpc) is 2.32. The zero-order valence-corrected chi connectivity index (χ0v) is 12.7. The van der Waals surface area contributed by atoms with Crippen LogP contribution in [0, 0.1) is 11.3 Å². The SMILES string of the molecule is CCOc1c(C(C)NC(=O)O)cc(Cl)c(C#N)c1Br. The molecule has 5 nitrogen and oxygen atoms in total. The summed E-state index contributed by atoms with van der Waals surface area (Å²) in [5.41, 5.74) is 0.830. The summed E-state index contributed by atoms with van der Waals surface area (Å²) in [6, 6.07) is 3.00. The molecule has 0 aliphatic heterocycles. The standard InChI is InChI=1S/C12H12BrClN2O3/c1-3-19-11-7(6(2)16-12(17)18)4-9(14)8(5-15)10(11)13/h4,6,16H,3H2,1-2H3,(H,17,18). The Bertz CT molecular complexity index is 543. The van der Waals surface area contributed by atoms with Gasteiger partial charge in [-0.1, -0.05) is 11.6 Å². The van der Waals surface area contributed by atoms with Gasteiger partial charge in [0.15, 0.2) is 0 Å². The van der Waals surface area contributed by atoms with E-state index in [4.69, 9.17) is 26.7 Å². The van der Waals surface area contributed by atoms with E-state index in [1.807, 2.05) is 6.07 Å². The number of ether oxygens (including phenoxy) is 1. The molecule has 1 unspecified atom stereocenters. The number of carbonyl (C=O) groups is 1. The van der Waals surface area contributed by atoms with E-state index < -0.39 is 12.1 Å². The first-order valence-electron chi connectivity index (χ1n) is 5.46. The lowest BCUT2D eigenvalue weighted by atomic mass is 10.0. The van der Waals surface area contributed by atoms with Crippen molar-refractivity contribution in [2.75, 3.05) is 6.61 Å². The maximum atomic E-state index is 10.7. The van der Waals surface area contributed by atoms with Gasteiger partial charge in [-0.2, -0.15) is 5.26 Å². The molecule has 0 aromatic heterocycles. The summed E-state index contributed by atoms with van der Waals surface area (Å²) < 4.78 is 5.91. The van der Waals surface area contributed by atoms with E-state index >= 15 is 0 Å². The lowest BCUT2D eigenvalue weighted by Crippen LogP contribution is -2.25. The third-order valence-corrected chi connectivity index (χ3v) is 3.46. The van der Waals surface area contributed by atoms with E-state index in [-0.39, 0.29) is 10.6 Å². The minimum Gasteiger partial charge on any atom is -0.492 e. The van der Waals surface area contributed by atoms with Gasteiger partial charge in [0.1, 0.15) is 11.8 Å². The molecule has 1 aromatic carbocycles. The maximum absolute atomic E-state index is 10.7. The average molecular weight is 348 g/mol. The van der Waals surface area contributed by atoms with E-state index in [0.717, 1.165) is 0 Å². The zero-order valence-electron chi connectivity index (χ0n) is 10.3. The molecule has 2 N–H and O–H groups in total. The van der Waals surface area contributed by atoms with Gasteiger partial charge in [-0.05, 0) is 35.8 Å². The smallest absolute Gasteiger partial charge is 0.405 e. The number of rotatable bonds is 4. The zero-order chi connectivity index (χ0) is 14.6. The van der Waals surface area contributed by atoms with Gasteiger partial charge in [0.2, 0.25) is 0 Å². The molecule has 0 spiro atoms. The van der Waals surface area contributed by atoms with E-state index in [0.29, 0.717) is 22.4 Å². The lowest BCUT2D eigenvalue weighted by Gasteiger charge is -2.19. The fraction of sp³-hybridized carbons (Fsp3) is 0.333. The summed E-state index contributed by atoms with van der Waals surface area (Å²) in [7, 11) is 0. The molecule has 0 fully saturated rings. The fourth-order valence-corrected chi connectivity index (χ4v) is 2.61. The lowest BCUT2D eigenvalue weighted by molar-refractivity contribution is 0.190. The normalized spacial score (nSPS) is 11.5. The van der Waals surface area contributed by atoms with Crippen molar-refractivity contribution in [3.63, 3.8) is 0 Å². The van der Waals surface area contributed by atoms with Crippen LogP contribution < -0.4 is 10.1 Å². The molecule has 1 atom stereocenters. The largest absolute Gasteiger partial charge is 0.492 e. The Kier molecular flexibility index (Phi) is 5.45. The monoisotopic (exact) mass is 346 g/mol. The Morgan fingerprint density at radius 2 is 2.37 bits per heavy atom. The molecule has 0 bridgehead atoms. The number of nitrogens with zero attached hydrogens (tertiary/aromatic N) is 1. The first kappa shape index (κ1) is 15.6. The van der Waals surface area contributed by atoms with Gasteiger partial charge in [-0.25, -0.2) is 4.79 Å². The predicted octanol–water partition coefficient (Wildman–Crippen LogP) is 3.70. The Hall–Kier alpha value is -1.45. The first-order chi connectivity index (χ1) is 8.92. The molecule has 0 heterocycles. The van der Waals surface area contributed by atoms with Crippen molar-refractivity contribution in [3.05, 3.63) is 26.7 Å². The Morgan fingerprint density at radius 3 is 2.84 bits per heavy atom. The quantitative estimate of drug-likeness (QED) is 0.870. The highest BCUT2D eigenvalue weighted by atomic mass is 79.9. The molecule has 19 heavy (non-hydrogen) atoms. The van der Waals surface area contributed by atoms with Gasteiger partial charge in [0, 0.05) is 5.56 Å². The van der Waals surface area contributed by atoms with Crippen molar-refractivity contribution >= 4 is 33.6 Å². The number of nitrogens with one attached hydrogen (secondary N) is 1. The highest BCUT2D eigenvalue weighted by Crippen LogP contribution is 2.39. The van der Waals surface area contributed by atoms with Crippen LogP contribution in [0.3, 0.4) is 0 Å². The van der Waals surface area contributed by atoms with Gasteiger partial charge in [0.25, 0.3) is 0 Å². The number of carboxylic acid groups (broad SMARTS) is 1. The summed E-state index contributed by atoms with van der Waals surface area (Å²) in [5, 5.41) is 20.4. The molecule has 0 aliphatic carbocycles. The number of benzene rings is 1. The summed E-state index contributed by atoms with van der Waals surface area (Å²) >= 11 is 9.28. The predicted molar refractivity (Wildman–Crippen MR) is 74.6 cm³/mol. The molecule has 0 saturated heterocycles. The number of nitriles is 1. The molecule has 0 radical (unpaired) electrons. The number of hydrogen-bond acceptors (Lipinski definition) is 3. The third-order valence-electron chi connectivity index (χ3n) is 2.41. The Balaban J connectivity index is 3.38. The third kappa shape index (κ3) is 3.52. The van der Waals surface area contributed by atoms with Crippen molar-refractivity contribution in [2.45, 2.75) is 19.9 Å². The van der Waals surface area contributed by atoms with Crippen LogP contribution in [-0.2, 0) is 0 Å². The summed E-state index contributed by atoms with van der Waals surface area (Å²) in [5.74, 6) is 0.421. The summed E-state index contributed by atoms with van der Waals surface area (Å²) in [4.78, 5) is 10.7. The maximum Gasteiger partial charge on any atom is 0.405 e. The molecule has 102 valence electrons. The van der Waals surface area contributed by atoms with Gasteiger partial charge in [0.05, 0.1) is 27.7 Å². The van der Waals surface area contributed by atoms with Crippen molar-refractivity contribution in [3.8, 4) is 11.8 Å². The van der Waals surface area contributed by atoms with Crippen LogP contribution in [-0.4, -0.2) is 17.8 Å². The van der Waals surface area contributed by atoms with Gasteiger partial charge < -0.3 is 15.2 Å². The molecule has 0 saturated carbocycles. The molecule has 7 heteroatoms. The number of halogens is 2. The minimum absolute atomic E-state index is 0.242. The van der Waals surface area contributed by atoms with Crippen LogP contribution in [0.2, 0.25) is 5.02 Å². The van der Waals surface area contributed by atoms with E-state index in [2.05, 4.69) is 21.2 Å². The van der Waals surface area contributed by atoms with Crippen LogP contribution in [0.15, 0.2) is 10.5 Å². The Morgan fingerprint density at radius 1 is 1.74 bits per heavy atom. The second kappa shape index (κ2) is 6.64. The number of amides is 1. The summed E-state index contributed by atoms with van der Waals surface area (Å²) in [6.45, 7) is 3.85. The van der Waals surface area contributed by atoms with Gasteiger partial charge in [-0.15, -0.1) is 0 Å². The van der Waals surface area contributed by atoms with Crippen molar-refractivity contribution in [1.82, 2.24) is 5.32 Å². The molecule has 1 aromatic rings. The van der Waals surface area contributed by atoms with Crippen LogP contribution in [0.5, 0.6) is 5.75 Å². The fourth-order valence-electron chi connectivity index (χ4n) is 1.60. The highest BCUT2D eigenvalue weighted by Gasteiger charge is 2.21. The molecular weight excluding hydrogens is 336 g/mol. The second-order valence-corrected chi connectivity index (χ2v) is 4.88. The second-order valence-electron chi connectivity index (χ2n) is 3.68.